The smallest absolute Gasteiger partial charge is 0.240 e. The molecule has 0 saturated heterocycles. The third-order valence-electron chi connectivity index (χ3n) is 4.24. The molecule has 168 valence electrons. The molecule has 1 aromatic carbocycles. The molecule has 0 unspecified atom stereocenters. The predicted molar refractivity (Wildman–Crippen MR) is 112 cm³/mol. The summed E-state index contributed by atoms with van der Waals surface area (Å²) in [6, 6.07) is 7.73. The highest BCUT2D eigenvalue weighted by Gasteiger charge is 2.19. The van der Waals surface area contributed by atoms with Crippen molar-refractivity contribution in [2.75, 3.05) is 45.4 Å². The number of hydrogen-bond acceptors (Lipinski definition) is 8. The van der Waals surface area contributed by atoms with E-state index in [2.05, 4.69) is 15.0 Å². The molecule has 1 amide bonds. The minimum absolute atomic E-state index is 0.0400. The van der Waals surface area contributed by atoms with Crippen molar-refractivity contribution < 1.29 is 32.2 Å². The van der Waals surface area contributed by atoms with Gasteiger partial charge in [-0.15, -0.1) is 0 Å². The van der Waals surface area contributed by atoms with Crippen LogP contribution in [0.5, 0.6) is 17.4 Å². The summed E-state index contributed by atoms with van der Waals surface area (Å²) in [5.74, 6) is 0.776. The van der Waals surface area contributed by atoms with Crippen molar-refractivity contribution >= 4 is 21.6 Å². The van der Waals surface area contributed by atoms with Crippen molar-refractivity contribution in [1.29, 1.82) is 0 Å². The molecule has 2 heterocycles. The van der Waals surface area contributed by atoms with E-state index >= 15 is 0 Å². The quantitative estimate of drug-likeness (QED) is 0.522. The van der Waals surface area contributed by atoms with Crippen LogP contribution in [0.3, 0.4) is 0 Å². The molecule has 10 nitrogen and oxygen atoms in total. The maximum Gasteiger partial charge on any atom is 0.240 e. The molecule has 0 radical (unpaired) electrons. The topological polar surface area (TPSA) is 125 Å². The van der Waals surface area contributed by atoms with Gasteiger partial charge in [0.05, 0.1) is 24.7 Å². The fraction of sp³-hybridized carbons (Fsp3) is 0.400. The monoisotopic (exact) mass is 451 g/mol. The fourth-order valence-electron chi connectivity index (χ4n) is 2.73. The Labute approximate surface area is 180 Å². The highest BCUT2D eigenvalue weighted by Crippen LogP contribution is 2.31. The number of fused-ring (bicyclic) bond motifs is 1. The molecule has 1 aliphatic heterocycles. The average molecular weight is 452 g/mol. The summed E-state index contributed by atoms with van der Waals surface area (Å²) in [5, 5.41) is 2.67. The molecule has 0 fully saturated rings. The minimum atomic E-state index is -3.81. The van der Waals surface area contributed by atoms with Gasteiger partial charge in [0.1, 0.15) is 12.3 Å². The van der Waals surface area contributed by atoms with Gasteiger partial charge in [-0.1, -0.05) is 0 Å². The molecule has 0 bridgehead atoms. The molecule has 0 atom stereocenters. The SMILES string of the molecule is COCCOc1ncccc1NC(=O)CCNS(=O)(=O)c1ccc2c(c1)OCCCO2. The number of nitrogens with one attached hydrogen (secondary N) is 2. The Morgan fingerprint density at radius 1 is 1.16 bits per heavy atom. The Kier molecular flexibility index (Phi) is 8.04. The first-order valence-corrected chi connectivity index (χ1v) is 11.2. The summed E-state index contributed by atoms with van der Waals surface area (Å²) in [5.41, 5.74) is 0.398. The van der Waals surface area contributed by atoms with Gasteiger partial charge in [-0.2, -0.15) is 0 Å². The van der Waals surface area contributed by atoms with Crippen molar-refractivity contribution in [1.82, 2.24) is 9.71 Å². The van der Waals surface area contributed by atoms with Crippen molar-refractivity contribution in [2.24, 2.45) is 0 Å². The normalized spacial score (nSPS) is 13.3. The summed E-state index contributed by atoms with van der Waals surface area (Å²) in [6.07, 6.45) is 2.19. The Morgan fingerprint density at radius 2 is 1.97 bits per heavy atom. The molecular formula is C20H25N3O7S. The zero-order valence-electron chi connectivity index (χ0n) is 17.1. The Morgan fingerprint density at radius 3 is 2.77 bits per heavy atom. The van der Waals surface area contributed by atoms with Crippen LogP contribution in [0.15, 0.2) is 41.4 Å². The zero-order chi connectivity index (χ0) is 22.1. The molecule has 0 aliphatic carbocycles. The molecule has 1 aromatic heterocycles. The standard InChI is InChI=1S/C20H25N3O7S/c1-27-12-13-30-20-16(4-2-8-21-20)23-19(24)7-9-22-31(25,26)15-5-6-17-18(14-15)29-11-3-10-28-17/h2,4-6,8,14,22H,3,7,9-13H2,1H3,(H,23,24). The van der Waals surface area contributed by atoms with Crippen LogP contribution in [0, 0.1) is 0 Å². The van der Waals surface area contributed by atoms with Gasteiger partial charge in [-0.25, -0.2) is 18.1 Å². The molecule has 0 saturated carbocycles. The highest BCUT2D eigenvalue weighted by molar-refractivity contribution is 7.89. The Bertz CT molecular complexity index is 998. The number of sulfonamides is 1. The third-order valence-corrected chi connectivity index (χ3v) is 5.70. The first kappa shape index (κ1) is 22.8. The van der Waals surface area contributed by atoms with E-state index in [-0.39, 0.29) is 36.3 Å². The molecule has 31 heavy (non-hydrogen) atoms. The summed E-state index contributed by atoms with van der Waals surface area (Å²) < 4.78 is 49.0. The van der Waals surface area contributed by atoms with Crippen LogP contribution in [-0.2, 0) is 19.6 Å². The number of hydrogen-bond donors (Lipinski definition) is 2. The molecule has 11 heteroatoms. The summed E-state index contributed by atoms with van der Waals surface area (Å²) in [6.45, 7) is 1.55. The summed E-state index contributed by atoms with van der Waals surface area (Å²) >= 11 is 0. The summed E-state index contributed by atoms with van der Waals surface area (Å²) in [4.78, 5) is 16.4. The van der Waals surface area contributed by atoms with Crippen LogP contribution in [0.4, 0.5) is 5.69 Å². The number of nitrogens with zero attached hydrogens (tertiary/aromatic N) is 1. The average Bonchev–Trinajstić information content (AvgIpc) is 3.00. The lowest BCUT2D eigenvalue weighted by Gasteiger charge is -2.12. The highest BCUT2D eigenvalue weighted by atomic mass is 32.2. The van der Waals surface area contributed by atoms with Crippen LogP contribution in [0.25, 0.3) is 0 Å². The van der Waals surface area contributed by atoms with Crippen LogP contribution in [-0.4, -0.2) is 59.4 Å². The minimum Gasteiger partial charge on any atom is -0.490 e. The molecular weight excluding hydrogens is 426 g/mol. The van der Waals surface area contributed by atoms with Gasteiger partial charge in [-0.3, -0.25) is 4.79 Å². The van der Waals surface area contributed by atoms with Crippen LogP contribution >= 0.6 is 0 Å². The van der Waals surface area contributed by atoms with Gasteiger partial charge in [0.2, 0.25) is 21.8 Å². The lowest BCUT2D eigenvalue weighted by atomic mass is 10.3. The number of anilines is 1. The first-order chi connectivity index (χ1) is 15.0. The second-order valence-electron chi connectivity index (χ2n) is 6.55. The zero-order valence-corrected chi connectivity index (χ0v) is 17.9. The van der Waals surface area contributed by atoms with E-state index in [0.29, 0.717) is 37.0 Å². The van der Waals surface area contributed by atoms with Crippen LogP contribution in [0.1, 0.15) is 12.8 Å². The van der Waals surface area contributed by atoms with E-state index in [1.807, 2.05) is 0 Å². The van der Waals surface area contributed by atoms with Crippen LogP contribution < -0.4 is 24.2 Å². The van der Waals surface area contributed by atoms with E-state index in [1.165, 1.54) is 12.1 Å². The summed E-state index contributed by atoms with van der Waals surface area (Å²) in [7, 11) is -2.26. The number of rotatable bonds is 10. The molecule has 1 aliphatic rings. The number of amides is 1. The lowest BCUT2D eigenvalue weighted by molar-refractivity contribution is -0.116. The third kappa shape index (κ3) is 6.54. The van der Waals surface area contributed by atoms with Gasteiger partial charge in [0, 0.05) is 38.8 Å². The largest absolute Gasteiger partial charge is 0.490 e. The Hall–Kier alpha value is -2.89. The van der Waals surface area contributed by atoms with E-state index < -0.39 is 10.0 Å². The predicted octanol–water partition coefficient (Wildman–Crippen LogP) is 1.58. The number of aromatic nitrogens is 1. The van der Waals surface area contributed by atoms with Gasteiger partial charge in [0.15, 0.2) is 11.5 Å². The lowest BCUT2D eigenvalue weighted by Crippen LogP contribution is -2.28. The second-order valence-corrected chi connectivity index (χ2v) is 8.32. The van der Waals surface area contributed by atoms with E-state index in [1.54, 1.807) is 31.5 Å². The van der Waals surface area contributed by atoms with E-state index in [9.17, 15) is 13.2 Å². The molecule has 2 N–H and O–H groups in total. The van der Waals surface area contributed by atoms with Crippen molar-refractivity contribution in [3.8, 4) is 17.4 Å². The number of carbonyl (C=O) groups excluding carboxylic acids is 1. The maximum atomic E-state index is 12.6. The second kappa shape index (κ2) is 10.9. The van der Waals surface area contributed by atoms with Gasteiger partial charge in [-0.05, 0) is 24.3 Å². The molecule has 3 rings (SSSR count). The van der Waals surface area contributed by atoms with Crippen molar-refractivity contribution in [3.63, 3.8) is 0 Å². The fourth-order valence-corrected chi connectivity index (χ4v) is 3.78. The number of pyridine rings is 1. The maximum absolute atomic E-state index is 12.6. The van der Waals surface area contributed by atoms with Crippen molar-refractivity contribution in [3.05, 3.63) is 36.5 Å². The number of ether oxygens (including phenoxy) is 4. The van der Waals surface area contributed by atoms with Crippen LogP contribution in [0.2, 0.25) is 0 Å². The van der Waals surface area contributed by atoms with Gasteiger partial charge < -0.3 is 24.3 Å². The van der Waals surface area contributed by atoms with Gasteiger partial charge in [0.25, 0.3) is 0 Å². The number of benzene rings is 1. The van der Waals surface area contributed by atoms with Gasteiger partial charge >= 0.3 is 0 Å². The number of carbonyl (C=O) groups is 1. The molecule has 0 spiro atoms. The first-order valence-electron chi connectivity index (χ1n) is 9.75. The molecule has 2 aromatic rings. The Balaban J connectivity index is 1.54. The van der Waals surface area contributed by atoms with E-state index in [4.69, 9.17) is 18.9 Å². The van der Waals surface area contributed by atoms with E-state index in [0.717, 1.165) is 6.42 Å². The van der Waals surface area contributed by atoms with Crippen molar-refractivity contribution in [2.45, 2.75) is 17.7 Å². The number of methoxy groups -OCH3 is 1.